The minimum atomic E-state index is -3.57. The van der Waals surface area contributed by atoms with Gasteiger partial charge in [0.2, 0.25) is 5.82 Å². The van der Waals surface area contributed by atoms with E-state index in [2.05, 4.69) is 15.1 Å². The van der Waals surface area contributed by atoms with Gasteiger partial charge in [-0.05, 0) is 31.2 Å². The molecule has 1 aromatic carbocycles. The molecule has 0 aliphatic carbocycles. The van der Waals surface area contributed by atoms with Gasteiger partial charge < -0.3 is 9.26 Å². The summed E-state index contributed by atoms with van der Waals surface area (Å²) in [6, 6.07) is 9.33. The molecule has 0 N–H and O–H groups in total. The van der Waals surface area contributed by atoms with Crippen molar-refractivity contribution in [3.63, 3.8) is 0 Å². The summed E-state index contributed by atoms with van der Waals surface area (Å²) in [5, 5.41) is 3.83. The van der Waals surface area contributed by atoms with Gasteiger partial charge in [-0.1, -0.05) is 17.3 Å². The summed E-state index contributed by atoms with van der Waals surface area (Å²) in [5.41, 5.74) is 0.609. The Hall–Kier alpha value is -3.07. The quantitative estimate of drug-likeness (QED) is 0.627. The highest BCUT2D eigenvalue weighted by atomic mass is 32.2. The lowest BCUT2D eigenvalue weighted by atomic mass is 10.2. The predicted octanol–water partition coefficient (Wildman–Crippen LogP) is 2.45. The van der Waals surface area contributed by atoms with Gasteiger partial charge in [0, 0.05) is 24.2 Å². The number of esters is 1. The van der Waals surface area contributed by atoms with E-state index < -0.39 is 21.9 Å². The first-order chi connectivity index (χ1) is 12.4. The topological polar surface area (TPSA) is 112 Å². The maximum absolute atomic E-state index is 12.4. The molecule has 0 bridgehead atoms. The summed E-state index contributed by atoms with van der Waals surface area (Å²) in [4.78, 5) is 20.4. The van der Waals surface area contributed by atoms with Crippen molar-refractivity contribution in [3.8, 4) is 11.4 Å². The maximum Gasteiger partial charge on any atom is 0.340 e. The minimum absolute atomic E-state index is 0.0474. The number of nitrogens with zero attached hydrogens (tertiary/aromatic N) is 3. The summed E-state index contributed by atoms with van der Waals surface area (Å²) < 4.78 is 34.1. The Balaban J connectivity index is 1.80. The van der Waals surface area contributed by atoms with Gasteiger partial charge in [0.25, 0.3) is 5.89 Å². The molecule has 2 aromatic heterocycles. The van der Waals surface area contributed by atoms with Crippen LogP contribution in [0.15, 0.2) is 58.2 Å². The van der Waals surface area contributed by atoms with E-state index in [1.165, 1.54) is 18.2 Å². The summed E-state index contributed by atoms with van der Waals surface area (Å²) >= 11 is 0. The fourth-order valence-electron chi connectivity index (χ4n) is 2.25. The third-order valence-electron chi connectivity index (χ3n) is 3.50. The average Bonchev–Trinajstić information content (AvgIpc) is 3.12. The SMILES string of the molecule is CC(OC(=O)c1ccccc1S(C)(=O)=O)c1nc(-c2cccnc2)no1. The van der Waals surface area contributed by atoms with E-state index in [1.54, 1.807) is 37.5 Å². The molecule has 0 amide bonds. The molecule has 3 aromatic rings. The number of benzene rings is 1. The van der Waals surface area contributed by atoms with E-state index in [4.69, 9.17) is 9.26 Å². The second kappa shape index (κ2) is 7.04. The fourth-order valence-corrected chi connectivity index (χ4v) is 3.12. The van der Waals surface area contributed by atoms with E-state index in [0.717, 1.165) is 6.26 Å². The van der Waals surface area contributed by atoms with Crippen molar-refractivity contribution in [2.24, 2.45) is 0 Å². The first kappa shape index (κ1) is 17.7. The molecule has 0 aliphatic heterocycles. The Morgan fingerprint density at radius 2 is 1.96 bits per heavy atom. The van der Waals surface area contributed by atoms with Crippen molar-refractivity contribution in [2.75, 3.05) is 6.26 Å². The molecule has 0 radical (unpaired) electrons. The van der Waals surface area contributed by atoms with Crippen molar-refractivity contribution in [1.29, 1.82) is 0 Å². The number of sulfone groups is 1. The van der Waals surface area contributed by atoms with E-state index in [0.29, 0.717) is 11.4 Å². The van der Waals surface area contributed by atoms with Crippen LogP contribution >= 0.6 is 0 Å². The average molecular weight is 373 g/mol. The fraction of sp³-hybridized carbons (Fsp3) is 0.176. The number of hydrogen-bond donors (Lipinski definition) is 0. The number of carbonyl (C=O) groups excluding carboxylic acids is 1. The van der Waals surface area contributed by atoms with Crippen molar-refractivity contribution in [2.45, 2.75) is 17.9 Å². The first-order valence-corrected chi connectivity index (χ1v) is 9.49. The molecule has 0 saturated heterocycles. The second-order valence-electron chi connectivity index (χ2n) is 5.51. The van der Waals surface area contributed by atoms with Crippen LogP contribution in [0.1, 0.15) is 29.3 Å². The third kappa shape index (κ3) is 3.77. The molecule has 2 heterocycles. The van der Waals surface area contributed by atoms with Crippen molar-refractivity contribution >= 4 is 15.8 Å². The second-order valence-corrected chi connectivity index (χ2v) is 7.50. The zero-order chi connectivity index (χ0) is 18.7. The van der Waals surface area contributed by atoms with E-state index >= 15 is 0 Å². The zero-order valence-electron chi connectivity index (χ0n) is 14.0. The van der Waals surface area contributed by atoms with Gasteiger partial charge in [0.05, 0.1) is 10.5 Å². The van der Waals surface area contributed by atoms with Crippen LogP contribution in [0.25, 0.3) is 11.4 Å². The number of carbonyl (C=O) groups is 1. The van der Waals surface area contributed by atoms with Gasteiger partial charge in [-0.25, -0.2) is 13.2 Å². The van der Waals surface area contributed by atoms with Crippen LogP contribution < -0.4 is 0 Å². The zero-order valence-corrected chi connectivity index (χ0v) is 14.8. The normalized spacial score (nSPS) is 12.5. The number of ether oxygens (including phenoxy) is 1. The smallest absolute Gasteiger partial charge is 0.340 e. The lowest BCUT2D eigenvalue weighted by Crippen LogP contribution is -2.13. The number of rotatable bonds is 5. The molecule has 0 fully saturated rings. The Labute approximate surface area is 149 Å². The predicted molar refractivity (Wildman–Crippen MR) is 90.9 cm³/mol. The van der Waals surface area contributed by atoms with E-state index in [1.807, 2.05) is 0 Å². The highest BCUT2D eigenvalue weighted by Crippen LogP contribution is 2.23. The molecule has 1 unspecified atom stereocenters. The van der Waals surface area contributed by atoms with E-state index in [-0.39, 0.29) is 16.3 Å². The van der Waals surface area contributed by atoms with Crippen LogP contribution in [-0.4, -0.2) is 35.8 Å². The van der Waals surface area contributed by atoms with Gasteiger partial charge >= 0.3 is 5.97 Å². The molecule has 3 rings (SSSR count). The van der Waals surface area contributed by atoms with Crippen LogP contribution in [0, 0.1) is 0 Å². The molecule has 26 heavy (non-hydrogen) atoms. The molecule has 1 atom stereocenters. The highest BCUT2D eigenvalue weighted by Gasteiger charge is 2.24. The van der Waals surface area contributed by atoms with Crippen molar-refractivity contribution in [3.05, 3.63) is 60.2 Å². The summed E-state index contributed by atoms with van der Waals surface area (Å²) in [5.74, 6) is -0.388. The summed E-state index contributed by atoms with van der Waals surface area (Å²) in [7, 11) is -3.57. The van der Waals surface area contributed by atoms with Crippen LogP contribution in [0.5, 0.6) is 0 Å². The number of hydrogen-bond acceptors (Lipinski definition) is 8. The van der Waals surface area contributed by atoms with Crippen LogP contribution in [0.2, 0.25) is 0 Å². The minimum Gasteiger partial charge on any atom is -0.449 e. The molecular formula is C17H15N3O5S. The Morgan fingerprint density at radius 3 is 2.65 bits per heavy atom. The Bertz CT molecular complexity index is 1030. The van der Waals surface area contributed by atoms with Crippen molar-refractivity contribution in [1.82, 2.24) is 15.1 Å². The molecule has 0 spiro atoms. The van der Waals surface area contributed by atoms with E-state index in [9.17, 15) is 13.2 Å². The molecule has 0 aliphatic rings. The third-order valence-corrected chi connectivity index (χ3v) is 4.65. The summed E-state index contributed by atoms with van der Waals surface area (Å²) in [6.45, 7) is 1.56. The van der Waals surface area contributed by atoms with Crippen molar-refractivity contribution < 1.29 is 22.5 Å². The standard InChI is InChI=1S/C17H15N3O5S/c1-11(16-19-15(20-25-16)12-6-5-9-18-10-12)24-17(21)13-7-3-4-8-14(13)26(2,22)23/h3-11H,1-2H3. The Morgan fingerprint density at radius 1 is 1.19 bits per heavy atom. The van der Waals surface area contributed by atoms with Crippen LogP contribution in [0.4, 0.5) is 0 Å². The molecule has 0 saturated carbocycles. The monoisotopic (exact) mass is 373 g/mol. The molecule has 134 valence electrons. The van der Waals surface area contributed by atoms with Gasteiger partial charge in [0.15, 0.2) is 15.9 Å². The Kier molecular flexibility index (Phi) is 4.81. The first-order valence-electron chi connectivity index (χ1n) is 7.60. The van der Waals surface area contributed by atoms with Gasteiger partial charge in [-0.15, -0.1) is 0 Å². The van der Waals surface area contributed by atoms with Crippen LogP contribution in [-0.2, 0) is 14.6 Å². The number of aromatic nitrogens is 3. The maximum atomic E-state index is 12.4. The lowest BCUT2D eigenvalue weighted by Gasteiger charge is -2.11. The molecule has 9 heteroatoms. The number of pyridine rings is 1. The highest BCUT2D eigenvalue weighted by molar-refractivity contribution is 7.90. The van der Waals surface area contributed by atoms with Gasteiger partial charge in [-0.2, -0.15) is 4.98 Å². The molecular weight excluding hydrogens is 358 g/mol. The van der Waals surface area contributed by atoms with Crippen LogP contribution in [0.3, 0.4) is 0 Å². The van der Waals surface area contributed by atoms with Gasteiger partial charge in [-0.3, -0.25) is 4.98 Å². The van der Waals surface area contributed by atoms with Gasteiger partial charge in [0.1, 0.15) is 0 Å². The molecule has 8 nitrogen and oxygen atoms in total. The largest absolute Gasteiger partial charge is 0.449 e. The lowest BCUT2D eigenvalue weighted by molar-refractivity contribution is 0.0261. The summed E-state index contributed by atoms with van der Waals surface area (Å²) in [6.07, 6.45) is 3.37.